The highest BCUT2D eigenvalue weighted by molar-refractivity contribution is 6.42. The van der Waals surface area contributed by atoms with Gasteiger partial charge in [0.25, 0.3) is 5.56 Å². The first-order valence-corrected chi connectivity index (χ1v) is 5.79. The molecule has 0 saturated carbocycles. The molecule has 3 rings (SSSR count). The average molecular weight is 281 g/mol. The van der Waals surface area contributed by atoms with Crippen LogP contribution in [-0.2, 0) is 0 Å². The Bertz CT molecular complexity index is 793. The Morgan fingerprint density at radius 2 is 2.06 bits per heavy atom. The molecule has 1 N–H and O–H groups in total. The van der Waals surface area contributed by atoms with Gasteiger partial charge in [-0.2, -0.15) is 5.10 Å². The Balaban J connectivity index is 2.29. The van der Waals surface area contributed by atoms with Crippen LogP contribution in [0.4, 0.5) is 0 Å². The first-order chi connectivity index (χ1) is 8.66. The van der Waals surface area contributed by atoms with E-state index < -0.39 is 0 Å². The van der Waals surface area contributed by atoms with Crippen LogP contribution < -0.4 is 5.56 Å². The van der Waals surface area contributed by atoms with E-state index >= 15 is 0 Å². The molecule has 5 nitrogen and oxygen atoms in total. The molecule has 0 bridgehead atoms. The summed E-state index contributed by atoms with van der Waals surface area (Å²) in [4.78, 5) is 18.1. The van der Waals surface area contributed by atoms with Crippen LogP contribution in [0.3, 0.4) is 0 Å². The van der Waals surface area contributed by atoms with Gasteiger partial charge in [-0.3, -0.25) is 4.79 Å². The fourth-order valence-electron chi connectivity index (χ4n) is 1.66. The predicted molar refractivity (Wildman–Crippen MR) is 69.5 cm³/mol. The van der Waals surface area contributed by atoms with E-state index in [2.05, 4.69) is 15.1 Å². The zero-order valence-corrected chi connectivity index (χ0v) is 10.4. The summed E-state index contributed by atoms with van der Waals surface area (Å²) in [6.07, 6.45) is 2.80. The summed E-state index contributed by atoms with van der Waals surface area (Å²) in [6.45, 7) is 0. The molecule has 0 amide bonds. The van der Waals surface area contributed by atoms with Gasteiger partial charge in [-0.25, -0.2) is 9.67 Å². The summed E-state index contributed by atoms with van der Waals surface area (Å²) < 4.78 is 1.53. The van der Waals surface area contributed by atoms with Crippen LogP contribution >= 0.6 is 23.2 Å². The van der Waals surface area contributed by atoms with Crippen molar-refractivity contribution in [2.45, 2.75) is 0 Å². The largest absolute Gasteiger partial charge is 0.312 e. The molecule has 7 heteroatoms. The van der Waals surface area contributed by atoms with E-state index in [1.807, 2.05) is 0 Å². The van der Waals surface area contributed by atoms with Crippen LogP contribution in [0.5, 0.6) is 0 Å². The highest BCUT2D eigenvalue weighted by Gasteiger charge is 2.09. The normalized spacial score (nSPS) is 11.0. The number of rotatable bonds is 1. The summed E-state index contributed by atoms with van der Waals surface area (Å²) in [6, 6.07) is 5.09. The Hall–Kier alpha value is -1.85. The summed E-state index contributed by atoms with van der Waals surface area (Å²) in [5.41, 5.74) is 0.931. The van der Waals surface area contributed by atoms with Gasteiger partial charge < -0.3 is 4.98 Å². The molecule has 0 atom stereocenters. The summed E-state index contributed by atoms with van der Waals surface area (Å²) in [5, 5.41) is 5.43. The Morgan fingerprint density at radius 3 is 2.83 bits per heavy atom. The van der Waals surface area contributed by atoms with Crippen LogP contribution in [0.1, 0.15) is 0 Å². The monoisotopic (exact) mass is 280 g/mol. The molecular weight excluding hydrogens is 275 g/mol. The first kappa shape index (κ1) is 11.3. The molecule has 0 spiro atoms. The molecule has 1 aromatic carbocycles. The van der Waals surface area contributed by atoms with Gasteiger partial charge in [0.15, 0.2) is 5.65 Å². The maximum Gasteiger partial charge on any atom is 0.261 e. The lowest BCUT2D eigenvalue weighted by Crippen LogP contribution is -2.06. The van der Waals surface area contributed by atoms with Crippen LogP contribution in [0, 0.1) is 0 Å². The number of H-pyrrole nitrogens is 1. The van der Waals surface area contributed by atoms with Gasteiger partial charge in [0.1, 0.15) is 5.39 Å². The smallest absolute Gasteiger partial charge is 0.261 e. The third kappa shape index (κ3) is 1.68. The molecule has 0 saturated heterocycles. The fraction of sp³-hybridized carbons (Fsp3) is 0. The van der Waals surface area contributed by atoms with Gasteiger partial charge in [0.2, 0.25) is 0 Å². The minimum absolute atomic E-state index is 0.230. The minimum atomic E-state index is -0.230. The van der Waals surface area contributed by atoms with E-state index in [1.54, 1.807) is 18.2 Å². The lowest BCUT2D eigenvalue weighted by Gasteiger charge is -2.03. The van der Waals surface area contributed by atoms with Crippen molar-refractivity contribution in [3.05, 3.63) is 51.1 Å². The molecule has 0 aliphatic heterocycles. The molecule has 2 aromatic heterocycles. The van der Waals surface area contributed by atoms with E-state index in [0.717, 1.165) is 0 Å². The molecule has 18 heavy (non-hydrogen) atoms. The number of aromatic nitrogens is 4. The van der Waals surface area contributed by atoms with Crippen LogP contribution in [-0.4, -0.2) is 19.7 Å². The van der Waals surface area contributed by atoms with Gasteiger partial charge in [-0.05, 0) is 18.2 Å². The number of fused-ring (bicyclic) bond motifs is 1. The summed E-state index contributed by atoms with van der Waals surface area (Å²) in [7, 11) is 0. The molecule has 0 aliphatic rings. The molecule has 3 aromatic rings. The maximum atomic E-state index is 11.5. The lowest BCUT2D eigenvalue weighted by molar-refractivity contribution is 0.894. The highest BCUT2D eigenvalue weighted by Crippen LogP contribution is 2.25. The Morgan fingerprint density at radius 1 is 1.22 bits per heavy atom. The van der Waals surface area contributed by atoms with Crippen molar-refractivity contribution < 1.29 is 0 Å². The highest BCUT2D eigenvalue weighted by atomic mass is 35.5. The lowest BCUT2D eigenvalue weighted by atomic mass is 10.3. The van der Waals surface area contributed by atoms with Crippen LogP contribution in [0.25, 0.3) is 16.7 Å². The Kier molecular flexibility index (Phi) is 2.57. The number of halogens is 2. The number of aromatic amines is 1. The second kappa shape index (κ2) is 4.12. The second-order valence-electron chi connectivity index (χ2n) is 3.62. The molecule has 0 unspecified atom stereocenters. The zero-order chi connectivity index (χ0) is 12.7. The van der Waals surface area contributed by atoms with Crippen molar-refractivity contribution in [2.24, 2.45) is 0 Å². The molecule has 0 fully saturated rings. The van der Waals surface area contributed by atoms with Crippen molar-refractivity contribution in [2.75, 3.05) is 0 Å². The SMILES string of the molecule is O=c1[nH]cnc2c1cnn2-c1ccc(Cl)c(Cl)c1. The molecule has 0 aliphatic carbocycles. The van der Waals surface area contributed by atoms with Crippen LogP contribution in [0.2, 0.25) is 10.0 Å². The van der Waals surface area contributed by atoms with Crippen LogP contribution in [0.15, 0.2) is 35.5 Å². The van der Waals surface area contributed by atoms with E-state index in [-0.39, 0.29) is 5.56 Å². The number of benzene rings is 1. The van der Waals surface area contributed by atoms with Gasteiger partial charge in [-0.1, -0.05) is 23.2 Å². The third-order valence-corrected chi connectivity index (χ3v) is 3.26. The van der Waals surface area contributed by atoms with E-state index in [9.17, 15) is 4.79 Å². The van der Waals surface area contributed by atoms with Gasteiger partial charge in [-0.15, -0.1) is 0 Å². The minimum Gasteiger partial charge on any atom is -0.312 e. The fourth-order valence-corrected chi connectivity index (χ4v) is 1.95. The number of nitrogens with zero attached hydrogens (tertiary/aromatic N) is 3. The third-order valence-electron chi connectivity index (χ3n) is 2.52. The summed E-state index contributed by atoms with van der Waals surface area (Å²) in [5.74, 6) is 0. The van der Waals surface area contributed by atoms with Gasteiger partial charge >= 0.3 is 0 Å². The number of hydrogen-bond acceptors (Lipinski definition) is 3. The van der Waals surface area contributed by atoms with Crippen molar-refractivity contribution in [3.8, 4) is 5.69 Å². The van der Waals surface area contributed by atoms with Crippen molar-refractivity contribution in [3.63, 3.8) is 0 Å². The van der Waals surface area contributed by atoms with Crippen molar-refractivity contribution >= 4 is 34.2 Å². The van der Waals surface area contributed by atoms with Gasteiger partial charge in [0.05, 0.1) is 28.3 Å². The van der Waals surface area contributed by atoms with E-state index in [0.29, 0.717) is 26.8 Å². The predicted octanol–water partition coefficient (Wildman–Crippen LogP) is 2.42. The average Bonchev–Trinajstić information content (AvgIpc) is 2.78. The molecule has 2 heterocycles. The Labute approximate surface area is 111 Å². The number of nitrogens with one attached hydrogen (secondary N) is 1. The number of hydrogen-bond donors (Lipinski definition) is 1. The zero-order valence-electron chi connectivity index (χ0n) is 8.89. The van der Waals surface area contributed by atoms with E-state index in [4.69, 9.17) is 23.2 Å². The summed E-state index contributed by atoms with van der Waals surface area (Å²) >= 11 is 11.8. The molecule has 0 radical (unpaired) electrons. The molecular formula is C11H6Cl2N4O. The second-order valence-corrected chi connectivity index (χ2v) is 4.44. The van der Waals surface area contributed by atoms with E-state index in [1.165, 1.54) is 17.2 Å². The molecule has 90 valence electrons. The quantitative estimate of drug-likeness (QED) is 0.745. The standard InChI is InChI=1S/C11H6Cl2N4O/c12-8-2-1-6(3-9(8)13)17-10-7(4-16-17)11(18)15-5-14-10/h1-5H,(H,14,15,18). The van der Waals surface area contributed by atoms with Gasteiger partial charge in [0, 0.05) is 0 Å². The van der Waals surface area contributed by atoms with Crippen molar-refractivity contribution in [1.29, 1.82) is 0 Å². The topological polar surface area (TPSA) is 63.6 Å². The maximum absolute atomic E-state index is 11.5. The first-order valence-electron chi connectivity index (χ1n) is 5.03. The van der Waals surface area contributed by atoms with Crippen molar-refractivity contribution in [1.82, 2.24) is 19.7 Å².